The molecule has 2 aromatic heterocycles. The van der Waals surface area contributed by atoms with Gasteiger partial charge >= 0.3 is 6.61 Å². The van der Waals surface area contributed by atoms with Gasteiger partial charge in [0.05, 0.1) is 5.02 Å². The fourth-order valence-corrected chi connectivity index (χ4v) is 2.93. The summed E-state index contributed by atoms with van der Waals surface area (Å²) in [6.07, 6.45) is 0.376. The summed E-state index contributed by atoms with van der Waals surface area (Å²) in [5.41, 5.74) is 1.20. The number of thiophene rings is 1. The van der Waals surface area contributed by atoms with Crippen molar-refractivity contribution in [1.29, 1.82) is 0 Å². The van der Waals surface area contributed by atoms with E-state index in [1.807, 2.05) is 16.8 Å². The molecule has 26 heavy (non-hydrogen) atoms. The van der Waals surface area contributed by atoms with Crippen LogP contribution < -0.4 is 10.1 Å². The second kappa shape index (κ2) is 8.24. The molecule has 10 heteroatoms. The number of nitrogens with one attached hydrogen (secondary N) is 1. The fourth-order valence-electron chi connectivity index (χ4n) is 2.07. The van der Waals surface area contributed by atoms with Gasteiger partial charge in [-0.15, -0.1) is 10.2 Å². The van der Waals surface area contributed by atoms with Gasteiger partial charge in [0.15, 0.2) is 0 Å². The minimum Gasteiger partial charge on any atom is -0.433 e. The van der Waals surface area contributed by atoms with Gasteiger partial charge in [-0.1, -0.05) is 11.6 Å². The summed E-state index contributed by atoms with van der Waals surface area (Å²) < 4.78 is 34.1. The van der Waals surface area contributed by atoms with E-state index < -0.39 is 6.61 Å². The predicted octanol–water partition coefficient (Wildman–Crippen LogP) is 4.62. The Hall–Kier alpha value is -2.52. The summed E-state index contributed by atoms with van der Waals surface area (Å²) in [6, 6.07) is 5.87. The van der Waals surface area contributed by atoms with Crippen LogP contribution in [0, 0.1) is 0 Å². The number of carbonyl (C=O) groups excluding carboxylic acids is 1. The van der Waals surface area contributed by atoms with Crippen LogP contribution in [0.15, 0.2) is 39.4 Å². The summed E-state index contributed by atoms with van der Waals surface area (Å²) in [7, 11) is 0. The van der Waals surface area contributed by atoms with Gasteiger partial charge in [0.25, 0.3) is 0 Å². The molecule has 0 atom stereocenters. The summed E-state index contributed by atoms with van der Waals surface area (Å²) in [4.78, 5) is 12.0. The Morgan fingerprint density at radius 1 is 1.35 bits per heavy atom. The Morgan fingerprint density at radius 2 is 2.19 bits per heavy atom. The van der Waals surface area contributed by atoms with Crippen LogP contribution in [-0.2, 0) is 11.2 Å². The number of hydrogen-bond donors (Lipinski definition) is 1. The van der Waals surface area contributed by atoms with E-state index >= 15 is 0 Å². The highest BCUT2D eigenvalue weighted by Gasteiger charge is 2.13. The van der Waals surface area contributed by atoms with Crippen LogP contribution >= 0.6 is 22.9 Å². The van der Waals surface area contributed by atoms with Gasteiger partial charge < -0.3 is 14.5 Å². The minimum absolute atomic E-state index is 0.0274. The zero-order chi connectivity index (χ0) is 18.5. The van der Waals surface area contributed by atoms with Gasteiger partial charge in [-0.25, -0.2) is 0 Å². The van der Waals surface area contributed by atoms with Crippen LogP contribution in [0.5, 0.6) is 5.75 Å². The van der Waals surface area contributed by atoms with Crippen LogP contribution in [-0.4, -0.2) is 22.7 Å². The van der Waals surface area contributed by atoms with Crippen molar-refractivity contribution in [1.82, 2.24) is 10.2 Å². The third-order valence-corrected chi connectivity index (χ3v) is 4.21. The molecule has 0 aliphatic heterocycles. The Kier molecular flexibility index (Phi) is 5.79. The van der Waals surface area contributed by atoms with Crippen molar-refractivity contribution in [3.05, 3.63) is 45.9 Å². The second-order valence-corrected chi connectivity index (χ2v) is 6.27. The smallest absolute Gasteiger partial charge is 0.387 e. The number of nitrogens with zero attached hydrogens (tertiary/aromatic N) is 2. The quantitative estimate of drug-likeness (QED) is 0.627. The molecule has 0 unspecified atom stereocenters. The molecule has 0 radical (unpaired) electrons. The Morgan fingerprint density at radius 3 is 2.88 bits per heavy atom. The molecular formula is C16H12ClF2N3O3S. The number of alkyl halides is 2. The van der Waals surface area contributed by atoms with Gasteiger partial charge in [0, 0.05) is 29.5 Å². The normalized spacial score (nSPS) is 10.9. The van der Waals surface area contributed by atoms with Crippen molar-refractivity contribution >= 4 is 34.5 Å². The van der Waals surface area contributed by atoms with Crippen LogP contribution in [0.3, 0.4) is 0 Å². The molecule has 136 valence electrons. The third-order valence-electron chi connectivity index (χ3n) is 3.23. The number of carbonyl (C=O) groups is 1. The SMILES string of the molecule is O=C(CCc1nnc(-c2ccsc2)o1)Nc1ccc(OC(F)F)c(Cl)c1. The van der Waals surface area contributed by atoms with Crippen molar-refractivity contribution in [2.75, 3.05) is 5.32 Å². The Bertz CT molecular complexity index is 887. The lowest BCUT2D eigenvalue weighted by molar-refractivity contribution is -0.116. The van der Waals surface area contributed by atoms with Crippen LogP contribution in [0.4, 0.5) is 14.5 Å². The van der Waals surface area contributed by atoms with Gasteiger partial charge in [-0.2, -0.15) is 20.1 Å². The summed E-state index contributed by atoms with van der Waals surface area (Å²) in [5, 5.41) is 14.2. The number of amides is 1. The van der Waals surface area contributed by atoms with Gasteiger partial charge in [0.2, 0.25) is 17.7 Å². The molecule has 2 heterocycles. The topological polar surface area (TPSA) is 77.2 Å². The van der Waals surface area contributed by atoms with Gasteiger partial charge in [-0.3, -0.25) is 4.79 Å². The maximum absolute atomic E-state index is 12.2. The molecule has 3 aromatic rings. The maximum atomic E-state index is 12.2. The summed E-state index contributed by atoms with van der Waals surface area (Å²) >= 11 is 7.35. The average molecular weight is 400 g/mol. The highest BCUT2D eigenvalue weighted by molar-refractivity contribution is 7.08. The molecule has 0 fully saturated rings. The molecular weight excluding hydrogens is 388 g/mol. The summed E-state index contributed by atoms with van der Waals surface area (Å²) in [6.45, 7) is -2.97. The van der Waals surface area contributed by atoms with Crippen molar-refractivity contribution in [3.63, 3.8) is 0 Å². The third kappa shape index (κ3) is 4.77. The maximum Gasteiger partial charge on any atom is 0.387 e. The lowest BCUT2D eigenvalue weighted by Gasteiger charge is -2.09. The number of ether oxygens (including phenoxy) is 1. The second-order valence-electron chi connectivity index (χ2n) is 5.08. The van der Waals surface area contributed by atoms with Crippen molar-refractivity contribution in [3.8, 4) is 17.2 Å². The highest BCUT2D eigenvalue weighted by Crippen LogP contribution is 2.29. The van der Waals surface area contributed by atoms with Crippen LogP contribution in [0.25, 0.3) is 11.5 Å². The fraction of sp³-hybridized carbons (Fsp3) is 0.188. The molecule has 0 bridgehead atoms. The lowest BCUT2D eigenvalue weighted by Crippen LogP contribution is -2.12. The van der Waals surface area contributed by atoms with Crippen molar-refractivity contribution in [2.24, 2.45) is 0 Å². The van der Waals surface area contributed by atoms with Crippen molar-refractivity contribution < 1.29 is 22.7 Å². The first-order valence-electron chi connectivity index (χ1n) is 7.40. The van der Waals surface area contributed by atoms with E-state index in [9.17, 15) is 13.6 Å². The molecule has 3 rings (SSSR count). The molecule has 0 aliphatic rings. The Labute approximate surface area is 155 Å². The monoisotopic (exact) mass is 399 g/mol. The number of hydrogen-bond acceptors (Lipinski definition) is 6. The van der Waals surface area contributed by atoms with E-state index in [1.165, 1.54) is 29.5 Å². The number of anilines is 1. The molecule has 0 saturated heterocycles. The number of benzene rings is 1. The van der Waals surface area contributed by atoms with Crippen molar-refractivity contribution in [2.45, 2.75) is 19.5 Å². The molecule has 6 nitrogen and oxygen atoms in total. The largest absolute Gasteiger partial charge is 0.433 e. The lowest BCUT2D eigenvalue weighted by atomic mass is 10.2. The molecule has 0 saturated carbocycles. The first-order valence-corrected chi connectivity index (χ1v) is 8.72. The zero-order valence-corrected chi connectivity index (χ0v) is 14.7. The average Bonchev–Trinajstić information content (AvgIpc) is 3.26. The number of aryl methyl sites for hydroxylation is 1. The number of rotatable bonds is 7. The molecule has 0 spiro atoms. The van der Waals surface area contributed by atoms with Crippen LogP contribution in [0.2, 0.25) is 5.02 Å². The number of aromatic nitrogens is 2. The van der Waals surface area contributed by atoms with E-state index in [-0.39, 0.29) is 29.5 Å². The molecule has 1 N–H and O–H groups in total. The molecule has 0 aliphatic carbocycles. The summed E-state index contributed by atoms with van der Waals surface area (Å²) in [5.74, 6) is 0.286. The predicted molar refractivity (Wildman–Crippen MR) is 92.6 cm³/mol. The first-order chi connectivity index (χ1) is 12.5. The van der Waals surface area contributed by atoms with E-state index in [0.29, 0.717) is 17.5 Å². The van der Waals surface area contributed by atoms with E-state index in [0.717, 1.165) is 5.56 Å². The van der Waals surface area contributed by atoms with E-state index in [1.54, 1.807) is 0 Å². The van der Waals surface area contributed by atoms with Gasteiger partial charge in [-0.05, 0) is 29.6 Å². The molecule has 1 amide bonds. The zero-order valence-electron chi connectivity index (χ0n) is 13.1. The molecule has 1 aromatic carbocycles. The van der Waals surface area contributed by atoms with Crippen LogP contribution in [0.1, 0.15) is 12.3 Å². The number of halogens is 3. The highest BCUT2D eigenvalue weighted by atomic mass is 35.5. The standard InChI is InChI=1S/C16H12ClF2N3O3S/c17-11-7-10(1-2-12(11)24-16(18)19)20-13(23)3-4-14-21-22-15(25-14)9-5-6-26-8-9/h1-2,5-8,16H,3-4H2,(H,20,23). The van der Waals surface area contributed by atoms with E-state index in [4.69, 9.17) is 16.0 Å². The Balaban J connectivity index is 1.53. The van der Waals surface area contributed by atoms with E-state index in [2.05, 4.69) is 20.3 Å². The van der Waals surface area contributed by atoms with Gasteiger partial charge in [0.1, 0.15) is 5.75 Å². The first kappa shape index (κ1) is 18.3. The minimum atomic E-state index is -2.97.